The molecule has 2 aromatic heterocycles. The van der Waals surface area contributed by atoms with E-state index in [1.165, 1.54) is 18.5 Å². The van der Waals surface area contributed by atoms with Crippen LogP contribution in [0.1, 0.15) is 0 Å². The van der Waals surface area contributed by atoms with E-state index >= 15 is 0 Å². The van der Waals surface area contributed by atoms with Crippen LogP contribution in [0.2, 0.25) is 0 Å². The van der Waals surface area contributed by atoms with Gasteiger partial charge in [-0.15, -0.1) is 0 Å². The van der Waals surface area contributed by atoms with Gasteiger partial charge in [0, 0.05) is 11.6 Å². The van der Waals surface area contributed by atoms with Crippen molar-refractivity contribution < 1.29 is 8.78 Å². The second kappa shape index (κ2) is 4.37. The Morgan fingerprint density at radius 3 is 2.70 bits per heavy atom. The number of aromatic nitrogens is 3. The van der Waals surface area contributed by atoms with Gasteiger partial charge in [-0.25, -0.2) is 18.7 Å². The summed E-state index contributed by atoms with van der Waals surface area (Å²) in [6, 6.07) is 4.69. The highest BCUT2D eigenvalue weighted by molar-refractivity contribution is 5.93. The van der Waals surface area contributed by atoms with E-state index in [2.05, 4.69) is 15.0 Å². The molecule has 100 valence electrons. The molecule has 0 spiro atoms. The maximum atomic E-state index is 13.3. The van der Waals surface area contributed by atoms with Gasteiger partial charge in [0.1, 0.15) is 5.82 Å². The number of benzene rings is 1. The van der Waals surface area contributed by atoms with E-state index in [4.69, 9.17) is 5.73 Å². The van der Waals surface area contributed by atoms with E-state index in [-0.39, 0.29) is 22.5 Å². The molecule has 0 aliphatic rings. The first kappa shape index (κ1) is 12.2. The van der Waals surface area contributed by atoms with Crippen molar-refractivity contribution in [1.82, 2.24) is 15.0 Å². The third-order valence-corrected chi connectivity index (χ3v) is 2.84. The van der Waals surface area contributed by atoms with Crippen molar-refractivity contribution in [3.05, 3.63) is 52.6 Å². The lowest BCUT2D eigenvalue weighted by atomic mass is 10.1. The molecule has 0 atom stereocenters. The van der Waals surface area contributed by atoms with Gasteiger partial charge in [-0.05, 0) is 18.2 Å². The summed E-state index contributed by atoms with van der Waals surface area (Å²) in [6.07, 6.45) is 1.24. The van der Waals surface area contributed by atoms with Gasteiger partial charge in [0.15, 0.2) is 11.6 Å². The molecule has 0 radical (unpaired) electrons. The van der Waals surface area contributed by atoms with Crippen LogP contribution in [0.25, 0.3) is 22.2 Å². The number of anilines is 1. The van der Waals surface area contributed by atoms with E-state index in [1.54, 1.807) is 0 Å². The molecule has 1 aromatic carbocycles. The number of halogens is 2. The van der Waals surface area contributed by atoms with Crippen LogP contribution in [0.5, 0.6) is 0 Å². The first-order chi connectivity index (χ1) is 9.56. The number of rotatable bonds is 1. The molecule has 0 saturated carbocycles. The number of aromatic amines is 1. The Bertz CT molecular complexity index is 876. The second-order valence-corrected chi connectivity index (χ2v) is 4.15. The highest BCUT2D eigenvalue weighted by Gasteiger charge is 2.13. The number of fused-ring (bicyclic) bond motifs is 1. The van der Waals surface area contributed by atoms with Gasteiger partial charge >= 0.3 is 0 Å². The number of hydrogen-bond donors (Lipinski definition) is 2. The van der Waals surface area contributed by atoms with Crippen molar-refractivity contribution in [2.45, 2.75) is 0 Å². The molecular formula is C13H8F2N4O. The number of pyridine rings is 1. The fourth-order valence-corrected chi connectivity index (χ4v) is 1.96. The Morgan fingerprint density at radius 2 is 1.95 bits per heavy atom. The lowest BCUT2D eigenvalue weighted by Crippen LogP contribution is -2.09. The third kappa shape index (κ3) is 1.89. The zero-order valence-electron chi connectivity index (χ0n) is 10.0. The number of nitrogen functional groups attached to an aromatic ring is 1. The Kier molecular flexibility index (Phi) is 2.67. The van der Waals surface area contributed by atoms with Crippen molar-refractivity contribution in [3.8, 4) is 11.3 Å². The van der Waals surface area contributed by atoms with E-state index in [9.17, 15) is 13.6 Å². The van der Waals surface area contributed by atoms with E-state index < -0.39 is 17.2 Å². The summed E-state index contributed by atoms with van der Waals surface area (Å²) in [5, 5.41) is 0.174. The summed E-state index contributed by atoms with van der Waals surface area (Å²) < 4.78 is 26.3. The lowest BCUT2D eigenvalue weighted by Gasteiger charge is -2.06. The quantitative estimate of drug-likeness (QED) is 0.709. The summed E-state index contributed by atoms with van der Waals surface area (Å²) in [4.78, 5) is 22.3. The molecule has 0 bridgehead atoms. The molecule has 5 nitrogen and oxygen atoms in total. The Balaban J connectivity index is 2.40. The normalized spacial score (nSPS) is 10.9. The minimum Gasteiger partial charge on any atom is -0.384 e. The molecule has 0 aliphatic carbocycles. The highest BCUT2D eigenvalue weighted by Crippen LogP contribution is 2.26. The summed E-state index contributed by atoms with van der Waals surface area (Å²) in [7, 11) is 0. The van der Waals surface area contributed by atoms with Crippen molar-refractivity contribution in [2.75, 3.05) is 5.73 Å². The summed E-state index contributed by atoms with van der Waals surface area (Å²) >= 11 is 0. The first-order valence-electron chi connectivity index (χ1n) is 5.65. The van der Waals surface area contributed by atoms with Crippen LogP contribution in [0.4, 0.5) is 14.6 Å². The number of hydrogen-bond acceptors (Lipinski definition) is 4. The first-order valence-corrected chi connectivity index (χ1v) is 5.65. The van der Waals surface area contributed by atoms with Crippen molar-refractivity contribution in [2.24, 2.45) is 0 Å². The average molecular weight is 274 g/mol. The van der Waals surface area contributed by atoms with Crippen molar-refractivity contribution in [1.29, 1.82) is 0 Å². The lowest BCUT2D eigenvalue weighted by molar-refractivity contribution is 0.509. The summed E-state index contributed by atoms with van der Waals surface area (Å²) in [5.74, 6) is -1.87. The minimum atomic E-state index is -1.03. The molecule has 0 saturated heterocycles. The number of nitrogens with two attached hydrogens (primary N) is 1. The average Bonchev–Trinajstić information content (AvgIpc) is 2.41. The predicted molar refractivity (Wildman–Crippen MR) is 69.9 cm³/mol. The molecule has 0 amide bonds. The van der Waals surface area contributed by atoms with Crippen LogP contribution >= 0.6 is 0 Å². The van der Waals surface area contributed by atoms with Gasteiger partial charge in [0.2, 0.25) is 0 Å². The SMILES string of the molecule is Nc1cc2nc[nH]c(=O)c2c(-c2ccc(F)c(F)c2)n1. The van der Waals surface area contributed by atoms with Gasteiger partial charge in [-0.3, -0.25) is 4.79 Å². The molecule has 7 heteroatoms. The van der Waals surface area contributed by atoms with Crippen LogP contribution < -0.4 is 11.3 Å². The topological polar surface area (TPSA) is 84.7 Å². The van der Waals surface area contributed by atoms with E-state index in [0.717, 1.165) is 12.1 Å². The Hall–Kier alpha value is -2.83. The maximum absolute atomic E-state index is 13.3. The molecule has 2 heterocycles. The van der Waals surface area contributed by atoms with E-state index in [0.29, 0.717) is 5.52 Å². The van der Waals surface area contributed by atoms with Gasteiger partial charge < -0.3 is 10.7 Å². The maximum Gasteiger partial charge on any atom is 0.260 e. The highest BCUT2D eigenvalue weighted by atomic mass is 19.2. The molecule has 3 N–H and O–H groups in total. The van der Waals surface area contributed by atoms with Gasteiger partial charge in [-0.2, -0.15) is 0 Å². The third-order valence-electron chi connectivity index (χ3n) is 2.84. The van der Waals surface area contributed by atoms with Gasteiger partial charge in [0.05, 0.1) is 22.9 Å². The molecule has 0 unspecified atom stereocenters. The number of nitrogens with one attached hydrogen (secondary N) is 1. The van der Waals surface area contributed by atoms with Crippen LogP contribution in [0, 0.1) is 11.6 Å². The molecule has 0 aliphatic heterocycles. The fourth-order valence-electron chi connectivity index (χ4n) is 1.96. The zero-order valence-corrected chi connectivity index (χ0v) is 10.0. The van der Waals surface area contributed by atoms with E-state index in [1.807, 2.05) is 0 Å². The molecule has 3 aromatic rings. The van der Waals surface area contributed by atoms with Gasteiger partial charge in [0.25, 0.3) is 5.56 Å². The Labute approximate surface area is 111 Å². The van der Waals surface area contributed by atoms with Crippen molar-refractivity contribution in [3.63, 3.8) is 0 Å². The largest absolute Gasteiger partial charge is 0.384 e. The van der Waals surface area contributed by atoms with Crippen molar-refractivity contribution >= 4 is 16.7 Å². The smallest absolute Gasteiger partial charge is 0.260 e. The predicted octanol–water partition coefficient (Wildman–Crippen LogP) is 1.85. The molecule has 0 fully saturated rings. The standard InChI is InChI=1S/C13H8F2N4O/c14-7-2-1-6(3-8(7)15)12-11-9(4-10(16)19-12)17-5-18-13(11)20/h1-5H,(H2,16,19)(H,17,18,20). The molecular weight excluding hydrogens is 266 g/mol. The Morgan fingerprint density at radius 1 is 1.15 bits per heavy atom. The second-order valence-electron chi connectivity index (χ2n) is 4.15. The van der Waals surface area contributed by atoms with Crippen LogP contribution in [0.3, 0.4) is 0 Å². The molecule has 3 rings (SSSR count). The minimum absolute atomic E-state index is 0.135. The van der Waals surface area contributed by atoms with Crippen LogP contribution in [-0.4, -0.2) is 15.0 Å². The monoisotopic (exact) mass is 274 g/mol. The van der Waals surface area contributed by atoms with Gasteiger partial charge in [-0.1, -0.05) is 0 Å². The number of H-pyrrole nitrogens is 1. The summed E-state index contributed by atoms with van der Waals surface area (Å²) in [5.41, 5.74) is 5.96. The zero-order chi connectivity index (χ0) is 14.3. The fraction of sp³-hybridized carbons (Fsp3) is 0. The van der Waals surface area contributed by atoms with Crippen LogP contribution in [-0.2, 0) is 0 Å². The van der Waals surface area contributed by atoms with Crippen LogP contribution in [0.15, 0.2) is 35.4 Å². The summed E-state index contributed by atoms with van der Waals surface area (Å²) in [6.45, 7) is 0. The number of nitrogens with zero attached hydrogens (tertiary/aromatic N) is 2. The molecule has 20 heavy (non-hydrogen) atoms.